The molecule has 2 rings (SSSR count). The van der Waals surface area contributed by atoms with Gasteiger partial charge in [-0.05, 0) is 17.6 Å². The van der Waals surface area contributed by atoms with Crippen LogP contribution in [0.15, 0.2) is 34.0 Å². The van der Waals surface area contributed by atoms with E-state index < -0.39 is 5.97 Å². The molecule has 1 N–H and O–H groups in total. The maximum Gasteiger partial charge on any atom is 0.336 e. The molecule has 2 aromatic heterocycles. The Morgan fingerprint density at radius 1 is 1.53 bits per heavy atom. The van der Waals surface area contributed by atoms with Crippen molar-refractivity contribution in [2.24, 2.45) is 0 Å². The third kappa shape index (κ3) is 2.31. The van der Waals surface area contributed by atoms with E-state index in [-0.39, 0.29) is 5.56 Å². The number of aromatic carboxylic acids is 1. The minimum Gasteiger partial charge on any atom is -0.478 e. The molecule has 15 heavy (non-hydrogen) atoms. The van der Waals surface area contributed by atoms with Gasteiger partial charge in [-0.25, -0.2) is 9.78 Å². The highest BCUT2D eigenvalue weighted by Gasteiger charge is 2.11. The highest BCUT2D eigenvalue weighted by molar-refractivity contribution is 8.01. The Hall–Kier alpha value is -1.47. The molecule has 0 saturated heterocycles. The molecule has 0 aromatic carbocycles. The van der Waals surface area contributed by atoms with E-state index in [4.69, 9.17) is 5.11 Å². The van der Waals surface area contributed by atoms with E-state index in [1.54, 1.807) is 0 Å². The Balaban J connectivity index is 2.32. The van der Waals surface area contributed by atoms with Gasteiger partial charge in [0, 0.05) is 17.3 Å². The molecule has 0 bridgehead atoms. The first-order chi connectivity index (χ1) is 7.27. The fourth-order valence-electron chi connectivity index (χ4n) is 0.940. The summed E-state index contributed by atoms with van der Waals surface area (Å²) in [5.74, 6) is -0.968. The molecule has 0 unspecified atom stereocenters. The highest BCUT2D eigenvalue weighted by Crippen LogP contribution is 2.29. The Morgan fingerprint density at radius 2 is 2.40 bits per heavy atom. The second-order valence-corrected chi connectivity index (χ2v) is 4.56. The summed E-state index contributed by atoms with van der Waals surface area (Å²) in [4.78, 5) is 19.3. The SMILES string of the molecule is O=C(O)c1ccncc1Sc1ncns1. The Labute approximate surface area is 93.4 Å². The molecule has 76 valence electrons. The normalized spacial score (nSPS) is 10.1. The maximum atomic E-state index is 10.9. The molecule has 7 heteroatoms. The largest absolute Gasteiger partial charge is 0.478 e. The summed E-state index contributed by atoms with van der Waals surface area (Å²) in [5.41, 5.74) is 0.227. The zero-order valence-corrected chi connectivity index (χ0v) is 8.96. The van der Waals surface area contributed by atoms with Crippen LogP contribution in [0.25, 0.3) is 0 Å². The van der Waals surface area contributed by atoms with Crippen molar-refractivity contribution in [1.29, 1.82) is 0 Å². The molecule has 0 radical (unpaired) electrons. The summed E-state index contributed by atoms with van der Waals surface area (Å²) in [6.07, 6.45) is 4.40. The lowest BCUT2D eigenvalue weighted by atomic mass is 10.3. The molecular formula is C8H5N3O2S2. The predicted octanol–water partition coefficient (Wildman–Crippen LogP) is 1.78. The molecule has 0 saturated carbocycles. The molecule has 0 aliphatic rings. The van der Waals surface area contributed by atoms with Crippen molar-refractivity contribution < 1.29 is 9.90 Å². The standard InChI is InChI=1S/C8H5N3O2S2/c12-7(13)5-1-2-9-3-6(5)14-8-10-4-11-15-8/h1-4H,(H,12,13). The number of pyridine rings is 1. The van der Waals surface area contributed by atoms with Gasteiger partial charge in [-0.2, -0.15) is 4.37 Å². The number of nitrogens with zero attached hydrogens (tertiary/aromatic N) is 3. The number of rotatable bonds is 3. The third-order valence-corrected chi connectivity index (χ3v) is 3.31. The van der Waals surface area contributed by atoms with E-state index >= 15 is 0 Å². The molecule has 0 aliphatic carbocycles. The Kier molecular flexibility index (Phi) is 2.93. The second-order valence-electron chi connectivity index (χ2n) is 2.49. The molecule has 5 nitrogen and oxygen atoms in total. The van der Waals surface area contributed by atoms with Crippen LogP contribution in [0.2, 0.25) is 0 Å². The van der Waals surface area contributed by atoms with Crippen LogP contribution in [0.4, 0.5) is 0 Å². The summed E-state index contributed by atoms with van der Waals surface area (Å²) in [6.45, 7) is 0. The van der Waals surface area contributed by atoms with Crippen LogP contribution in [0, 0.1) is 0 Å². The van der Waals surface area contributed by atoms with Gasteiger partial charge in [0.1, 0.15) is 6.33 Å². The third-order valence-electron chi connectivity index (χ3n) is 1.55. The first-order valence-corrected chi connectivity index (χ1v) is 5.48. The monoisotopic (exact) mass is 239 g/mol. The summed E-state index contributed by atoms with van der Waals surface area (Å²) in [7, 11) is 0. The Bertz CT molecular complexity index is 472. The average molecular weight is 239 g/mol. The minimum atomic E-state index is -0.968. The molecule has 0 fully saturated rings. The molecular weight excluding hydrogens is 234 g/mol. The van der Waals surface area contributed by atoms with Crippen molar-refractivity contribution in [2.75, 3.05) is 0 Å². The molecule has 0 spiro atoms. The van der Waals surface area contributed by atoms with Gasteiger partial charge >= 0.3 is 5.97 Å². The number of aromatic nitrogens is 3. The van der Waals surface area contributed by atoms with E-state index in [1.807, 2.05) is 0 Å². The lowest BCUT2D eigenvalue weighted by molar-refractivity contribution is 0.0693. The Morgan fingerprint density at radius 3 is 3.07 bits per heavy atom. The van der Waals surface area contributed by atoms with Crippen molar-refractivity contribution >= 4 is 29.3 Å². The summed E-state index contributed by atoms with van der Waals surface area (Å²) in [6, 6.07) is 1.46. The van der Waals surface area contributed by atoms with E-state index in [1.165, 1.54) is 48.1 Å². The zero-order valence-electron chi connectivity index (χ0n) is 7.32. The topological polar surface area (TPSA) is 76.0 Å². The second kappa shape index (κ2) is 4.37. The van der Waals surface area contributed by atoms with Gasteiger partial charge in [-0.3, -0.25) is 4.98 Å². The molecule has 0 amide bonds. The fourth-order valence-corrected chi connectivity index (χ4v) is 2.43. The van der Waals surface area contributed by atoms with Crippen molar-refractivity contribution in [1.82, 2.24) is 14.3 Å². The van der Waals surface area contributed by atoms with Crippen molar-refractivity contribution in [3.8, 4) is 0 Å². The number of carboxylic acid groups (broad SMARTS) is 1. The number of hydrogen-bond donors (Lipinski definition) is 1. The van der Waals surface area contributed by atoms with Crippen LogP contribution >= 0.6 is 23.3 Å². The first kappa shape index (κ1) is 10.1. The van der Waals surface area contributed by atoms with E-state index in [0.29, 0.717) is 9.24 Å². The minimum absolute atomic E-state index is 0.227. The van der Waals surface area contributed by atoms with Gasteiger partial charge in [0.05, 0.1) is 5.56 Å². The van der Waals surface area contributed by atoms with Crippen molar-refractivity contribution in [3.63, 3.8) is 0 Å². The predicted molar refractivity (Wildman–Crippen MR) is 55.2 cm³/mol. The van der Waals surface area contributed by atoms with Crippen LogP contribution < -0.4 is 0 Å². The number of carboxylic acids is 1. The molecule has 0 aliphatic heterocycles. The fraction of sp³-hybridized carbons (Fsp3) is 0. The lowest BCUT2D eigenvalue weighted by Gasteiger charge is -2.00. The first-order valence-electron chi connectivity index (χ1n) is 3.89. The van der Waals surface area contributed by atoms with E-state index in [2.05, 4.69) is 14.3 Å². The van der Waals surface area contributed by atoms with Gasteiger partial charge in [0.2, 0.25) is 0 Å². The lowest BCUT2D eigenvalue weighted by Crippen LogP contribution is -1.98. The quantitative estimate of drug-likeness (QED) is 0.879. The zero-order chi connectivity index (χ0) is 10.7. The molecule has 2 heterocycles. The van der Waals surface area contributed by atoms with Gasteiger partial charge < -0.3 is 5.11 Å². The maximum absolute atomic E-state index is 10.9. The number of hydrogen-bond acceptors (Lipinski definition) is 6. The highest BCUT2D eigenvalue weighted by atomic mass is 32.2. The van der Waals surface area contributed by atoms with Gasteiger partial charge in [0.15, 0.2) is 4.34 Å². The summed E-state index contributed by atoms with van der Waals surface area (Å²) < 4.78 is 4.53. The van der Waals surface area contributed by atoms with Gasteiger partial charge in [0.25, 0.3) is 0 Å². The van der Waals surface area contributed by atoms with Crippen molar-refractivity contribution in [3.05, 3.63) is 30.4 Å². The van der Waals surface area contributed by atoms with Gasteiger partial charge in [-0.1, -0.05) is 11.8 Å². The van der Waals surface area contributed by atoms with Crippen LogP contribution in [0.3, 0.4) is 0 Å². The molecule has 0 atom stereocenters. The summed E-state index contributed by atoms with van der Waals surface area (Å²) >= 11 is 2.47. The van der Waals surface area contributed by atoms with E-state index in [9.17, 15) is 4.79 Å². The average Bonchev–Trinajstić information content (AvgIpc) is 2.71. The van der Waals surface area contributed by atoms with Crippen molar-refractivity contribution in [2.45, 2.75) is 9.24 Å². The van der Waals surface area contributed by atoms with Gasteiger partial charge in [-0.15, -0.1) is 0 Å². The van der Waals surface area contributed by atoms with Crippen LogP contribution in [0.5, 0.6) is 0 Å². The number of carbonyl (C=O) groups is 1. The smallest absolute Gasteiger partial charge is 0.336 e. The van der Waals surface area contributed by atoms with Crippen LogP contribution in [-0.4, -0.2) is 25.4 Å². The van der Waals surface area contributed by atoms with Crippen LogP contribution in [0.1, 0.15) is 10.4 Å². The van der Waals surface area contributed by atoms with E-state index in [0.717, 1.165) is 0 Å². The molecule has 2 aromatic rings. The van der Waals surface area contributed by atoms with Crippen LogP contribution in [-0.2, 0) is 0 Å². The summed E-state index contributed by atoms with van der Waals surface area (Å²) in [5, 5.41) is 8.92.